The van der Waals surface area contributed by atoms with Gasteiger partial charge in [-0.3, -0.25) is 9.78 Å². The van der Waals surface area contributed by atoms with Crippen molar-refractivity contribution in [1.82, 2.24) is 4.98 Å². The summed E-state index contributed by atoms with van der Waals surface area (Å²) in [5, 5.41) is 2.83. The predicted octanol–water partition coefficient (Wildman–Crippen LogP) is 1.95. The standard InChI is InChI=1S/C16H15N3O/c1-12-15(5-3-11-18-12)16(20)19-14-8-6-13(7-9-14)4-2-10-17/h3,5-9,11H,10,17H2,1H3,(H,19,20). The Balaban J connectivity index is 2.11. The SMILES string of the molecule is Cc1ncccc1C(=O)Nc1ccc(C#CCN)cc1. The number of aryl methyl sites for hydroxylation is 1. The maximum Gasteiger partial charge on any atom is 0.257 e. The quantitative estimate of drug-likeness (QED) is 0.815. The van der Waals surface area contributed by atoms with Crippen molar-refractivity contribution in [2.24, 2.45) is 5.73 Å². The van der Waals surface area contributed by atoms with E-state index >= 15 is 0 Å². The molecule has 2 rings (SSSR count). The van der Waals surface area contributed by atoms with Gasteiger partial charge in [-0.05, 0) is 43.3 Å². The van der Waals surface area contributed by atoms with Crippen molar-refractivity contribution >= 4 is 11.6 Å². The molecule has 0 saturated heterocycles. The molecule has 1 amide bonds. The number of hydrogen-bond acceptors (Lipinski definition) is 3. The number of nitrogens with two attached hydrogens (primary N) is 1. The van der Waals surface area contributed by atoms with Crippen molar-refractivity contribution in [2.45, 2.75) is 6.92 Å². The van der Waals surface area contributed by atoms with Gasteiger partial charge >= 0.3 is 0 Å². The molecule has 100 valence electrons. The number of pyridine rings is 1. The zero-order valence-corrected chi connectivity index (χ0v) is 11.2. The molecule has 1 heterocycles. The first-order chi connectivity index (χ1) is 9.70. The molecular weight excluding hydrogens is 250 g/mol. The highest BCUT2D eigenvalue weighted by molar-refractivity contribution is 6.04. The van der Waals surface area contributed by atoms with Crippen molar-refractivity contribution in [3.8, 4) is 11.8 Å². The third-order valence-electron chi connectivity index (χ3n) is 2.73. The molecule has 4 nitrogen and oxygen atoms in total. The predicted molar refractivity (Wildman–Crippen MR) is 79.3 cm³/mol. The number of rotatable bonds is 2. The Bertz CT molecular complexity index is 666. The van der Waals surface area contributed by atoms with Gasteiger partial charge in [-0.25, -0.2) is 0 Å². The Morgan fingerprint density at radius 2 is 2.05 bits per heavy atom. The molecule has 0 spiro atoms. The lowest BCUT2D eigenvalue weighted by atomic mass is 10.1. The Hall–Kier alpha value is -2.64. The lowest BCUT2D eigenvalue weighted by Crippen LogP contribution is -2.13. The van der Waals surface area contributed by atoms with Gasteiger partial charge < -0.3 is 11.1 Å². The number of hydrogen-bond donors (Lipinski definition) is 2. The summed E-state index contributed by atoms with van der Waals surface area (Å²) in [6, 6.07) is 10.8. The molecule has 4 heteroatoms. The summed E-state index contributed by atoms with van der Waals surface area (Å²) < 4.78 is 0. The average molecular weight is 265 g/mol. The first kappa shape index (κ1) is 13.8. The van der Waals surface area contributed by atoms with E-state index in [2.05, 4.69) is 22.1 Å². The number of anilines is 1. The molecule has 0 aliphatic carbocycles. The number of aromatic nitrogens is 1. The second-order valence-corrected chi connectivity index (χ2v) is 4.17. The number of nitrogens with zero attached hydrogens (tertiary/aromatic N) is 1. The Kier molecular flexibility index (Phi) is 4.48. The summed E-state index contributed by atoms with van der Waals surface area (Å²) in [6.07, 6.45) is 1.66. The van der Waals surface area contributed by atoms with Crippen LogP contribution in [0.15, 0.2) is 42.6 Å². The average Bonchev–Trinajstić information content (AvgIpc) is 2.47. The van der Waals surface area contributed by atoms with Crippen LogP contribution in [-0.4, -0.2) is 17.4 Å². The van der Waals surface area contributed by atoms with Gasteiger partial charge in [0.1, 0.15) is 0 Å². The molecule has 0 bridgehead atoms. The van der Waals surface area contributed by atoms with E-state index in [0.29, 0.717) is 17.8 Å². The van der Waals surface area contributed by atoms with Gasteiger partial charge in [-0.15, -0.1) is 0 Å². The zero-order valence-electron chi connectivity index (χ0n) is 11.2. The minimum atomic E-state index is -0.170. The molecule has 0 fully saturated rings. The lowest BCUT2D eigenvalue weighted by molar-refractivity contribution is 0.102. The summed E-state index contributed by atoms with van der Waals surface area (Å²) >= 11 is 0. The second kappa shape index (κ2) is 6.50. The first-order valence-corrected chi connectivity index (χ1v) is 6.22. The summed E-state index contributed by atoms with van der Waals surface area (Å²) in [5.41, 5.74) is 8.17. The van der Waals surface area contributed by atoms with E-state index in [9.17, 15) is 4.79 Å². The third-order valence-corrected chi connectivity index (χ3v) is 2.73. The van der Waals surface area contributed by atoms with Crippen LogP contribution >= 0.6 is 0 Å². The fraction of sp³-hybridized carbons (Fsp3) is 0.125. The van der Waals surface area contributed by atoms with Gasteiger partial charge in [-0.1, -0.05) is 11.8 Å². The highest BCUT2D eigenvalue weighted by Crippen LogP contribution is 2.12. The highest BCUT2D eigenvalue weighted by Gasteiger charge is 2.08. The van der Waals surface area contributed by atoms with E-state index in [0.717, 1.165) is 11.3 Å². The van der Waals surface area contributed by atoms with Crippen LogP contribution in [0.4, 0.5) is 5.69 Å². The largest absolute Gasteiger partial charge is 0.322 e. The van der Waals surface area contributed by atoms with E-state index in [1.807, 2.05) is 24.3 Å². The number of benzene rings is 1. The van der Waals surface area contributed by atoms with Crippen LogP contribution in [0.2, 0.25) is 0 Å². The molecule has 20 heavy (non-hydrogen) atoms. The van der Waals surface area contributed by atoms with Gasteiger partial charge in [0.15, 0.2) is 0 Å². The van der Waals surface area contributed by atoms with Crippen LogP contribution in [0.25, 0.3) is 0 Å². The smallest absolute Gasteiger partial charge is 0.257 e. The first-order valence-electron chi connectivity index (χ1n) is 6.22. The zero-order chi connectivity index (χ0) is 14.4. The summed E-state index contributed by atoms with van der Waals surface area (Å²) in [5.74, 6) is 5.54. The fourth-order valence-electron chi connectivity index (χ4n) is 1.71. The molecule has 1 aromatic heterocycles. The van der Waals surface area contributed by atoms with E-state index in [-0.39, 0.29) is 5.91 Å². The number of carbonyl (C=O) groups excluding carboxylic acids is 1. The molecule has 2 aromatic rings. The molecule has 0 atom stereocenters. The fourth-order valence-corrected chi connectivity index (χ4v) is 1.71. The normalized spacial score (nSPS) is 9.50. The van der Waals surface area contributed by atoms with Crippen LogP contribution in [0.3, 0.4) is 0 Å². The third kappa shape index (κ3) is 3.44. The van der Waals surface area contributed by atoms with Crippen molar-refractivity contribution in [3.05, 3.63) is 59.4 Å². The van der Waals surface area contributed by atoms with Crippen molar-refractivity contribution in [2.75, 3.05) is 11.9 Å². The molecule has 0 aliphatic rings. The molecule has 0 unspecified atom stereocenters. The van der Waals surface area contributed by atoms with Gasteiger partial charge in [0.05, 0.1) is 12.1 Å². The summed E-state index contributed by atoms with van der Waals surface area (Å²) in [4.78, 5) is 16.2. The molecular formula is C16H15N3O. The van der Waals surface area contributed by atoms with Gasteiger partial charge in [0.25, 0.3) is 5.91 Å². The van der Waals surface area contributed by atoms with Crippen molar-refractivity contribution in [1.29, 1.82) is 0 Å². The Morgan fingerprint density at radius 3 is 2.70 bits per heavy atom. The highest BCUT2D eigenvalue weighted by atomic mass is 16.1. The van der Waals surface area contributed by atoms with Crippen LogP contribution in [-0.2, 0) is 0 Å². The minimum Gasteiger partial charge on any atom is -0.322 e. The lowest BCUT2D eigenvalue weighted by Gasteiger charge is -2.06. The summed E-state index contributed by atoms with van der Waals surface area (Å²) in [6.45, 7) is 2.14. The van der Waals surface area contributed by atoms with E-state index in [4.69, 9.17) is 5.73 Å². The van der Waals surface area contributed by atoms with Crippen LogP contribution in [0, 0.1) is 18.8 Å². The van der Waals surface area contributed by atoms with Crippen LogP contribution < -0.4 is 11.1 Å². The van der Waals surface area contributed by atoms with E-state index in [1.54, 1.807) is 25.3 Å². The monoisotopic (exact) mass is 265 g/mol. The van der Waals surface area contributed by atoms with Gasteiger partial charge in [-0.2, -0.15) is 0 Å². The number of nitrogens with one attached hydrogen (secondary N) is 1. The van der Waals surface area contributed by atoms with E-state index < -0.39 is 0 Å². The minimum absolute atomic E-state index is 0.170. The van der Waals surface area contributed by atoms with Crippen LogP contribution in [0.5, 0.6) is 0 Å². The molecule has 0 saturated carbocycles. The van der Waals surface area contributed by atoms with Crippen molar-refractivity contribution < 1.29 is 4.79 Å². The molecule has 1 aromatic carbocycles. The van der Waals surface area contributed by atoms with Crippen molar-refractivity contribution in [3.63, 3.8) is 0 Å². The summed E-state index contributed by atoms with van der Waals surface area (Å²) in [7, 11) is 0. The Labute approximate surface area is 118 Å². The number of carbonyl (C=O) groups is 1. The molecule has 0 radical (unpaired) electrons. The topological polar surface area (TPSA) is 68.0 Å². The maximum atomic E-state index is 12.1. The second-order valence-electron chi connectivity index (χ2n) is 4.17. The van der Waals surface area contributed by atoms with Crippen LogP contribution in [0.1, 0.15) is 21.6 Å². The number of amides is 1. The van der Waals surface area contributed by atoms with Gasteiger partial charge in [0.2, 0.25) is 0 Å². The Morgan fingerprint density at radius 1 is 1.30 bits per heavy atom. The molecule has 0 aliphatic heterocycles. The maximum absolute atomic E-state index is 12.1. The molecule has 3 N–H and O–H groups in total. The van der Waals surface area contributed by atoms with Gasteiger partial charge in [0, 0.05) is 23.1 Å². The van der Waals surface area contributed by atoms with E-state index in [1.165, 1.54) is 0 Å².